The summed E-state index contributed by atoms with van der Waals surface area (Å²) in [6.07, 6.45) is 10.3. The number of aromatic nitrogens is 1. The van der Waals surface area contributed by atoms with Crippen LogP contribution in [0.4, 0.5) is 5.69 Å². The molecule has 6 rings (SSSR count). The van der Waals surface area contributed by atoms with Gasteiger partial charge < -0.3 is 10.6 Å². The molecule has 0 aliphatic heterocycles. The van der Waals surface area contributed by atoms with Crippen molar-refractivity contribution in [1.82, 2.24) is 10.3 Å². The van der Waals surface area contributed by atoms with Crippen molar-refractivity contribution in [2.24, 2.45) is 23.2 Å². The topological polar surface area (TPSA) is 54.0 Å². The fraction of sp³-hybridized carbons (Fsp3) is 0.500. The van der Waals surface area contributed by atoms with Gasteiger partial charge in [0.1, 0.15) is 0 Å². The molecule has 4 nitrogen and oxygen atoms in total. The number of para-hydroxylation sites is 1. The van der Waals surface area contributed by atoms with Crippen molar-refractivity contribution in [1.29, 1.82) is 0 Å². The van der Waals surface area contributed by atoms with Gasteiger partial charge in [0, 0.05) is 18.0 Å². The lowest BCUT2D eigenvalue weighted by molar-refractivity contribution is -0.127. The molecule has 1 aromatic heterocycles. The molecule has 4 aliphatic rings. The summed E-state index contributed by atoms with van der Waals surface area (Å²) in [6.45, 7) is 0. The predicted octanol–water partition coefficient (Wildman–Crippen LogP) is 4.65. The van der Waals surface area contributed by atoms with Crippen molar-refractivity contribution in [3.8, 4) is 0 Å². The van der Waals surface area contributed by atoms with E-state index < -0.39 is 0 Å². The third kappa shape index (κ3) is 3.33. The molecule has 0 radical (unpaired) electrons. The van der Waals surface area contributed by atoms with E-state index in [1.54, 1.807) is 6.20 Å². The van der Waals surface area contributed by atoms with E-state index in [1.807, 2.05) is 30.3 Å². The van der Waals surface area contributed by atoms with E-state index in [0.29, 0.717) is 11.5 Å². The van der Waals surface area contributed by atoms with Crippen molar-refractivity contribution in [2.45, 2.75) is 44.9 Å². The lowest BCUT2D eigenvalue weighted by atomic mass is 9.49. The summed E-state index contributed by atoms with van der Waals surface area (Å²) in [4.78, 5) is 17.2. The number of carbonyl (C=O) groups excluding carboxylic acids is 1. The van der Waals surface area contributed by atoms with Gasteiger partial charge in [0.05, 0.1) is 11.2 Å². The van der Waals surface area contributed by atoms with Crippen LogP contribution in [0.5, 0.6) is 0 Å². The zero-order valence-corrected chi connectivity index (χ0v) is 16.2. The Balaban J connectivity index is 1.24. The maximum atomic E-state index is 12.7. The van der Waals surface area contributed by atoms with Crippen molar-refractivity contribution in [3.05, 3.63) is 36.5 Å². The SMILES string of the molecule is O=C(CC12CC3CC(CC(C3)C1)C2)NC(=S)Nc1cccc2cccnc12. The van der Waals surface area contributed by atoms with Crippen LogP contribution in [0.1, 0.15) is 44.9 Å². The van der Waals surface area contributed by atoms with Crippen LogP contribution in [-0.2, 0) is 4.79 Å². The summed E-state index contributed by atoms with van der Waals surface area (Å²) in [7, 11) is 0. The number of anilines is 1. The molecule has 4 aliphatic carbocycles. The number of rotatable bonds is 3. The second-order valence-electron chi connectivity index (χ2n) is 8.98. The van der Waals surface area contributed by atoms with Crippen molar-refractivity contribution in [2.75, 3.05) is 5.32 Å². The fourth-order valence-electron chi connectivity index (χ4n) is 6.38. The lowest BCUT2D eigenvalue weighted by Crippen LogP contribution is -2.48. The highest BCUT2D eigenvalue weighted by Crippen LogP contribution is 2.61. The van der Waals surface area contributed by atoms with Gasteiger partial charge in [-0.05, 0) is 86.0 Å². The van der Waals surface area contributed by atoms with Crippen molar-refractivity contribution in [3.63, 3.8) is 0 Å². The number of thiocarbonyl (C=S) groups is 1. The van der Waals surface area contributed by atoms with Crippen LogP contribution in [0.2, 0.25) is 0 Å². The zero-order chi connectivity index (χ0) is 18.4. The summed E-state index contributed by atoms with van der Waals surface area (Å²) in [5, 5.41) is 7.49. The average molecular weight is 380 g/mol. The van der Waals surface area contributed by atoms with E-state index in [2.05, 4.69) is 15.6 Å². The van der Waals surface area contributed by atoms with Crippen molar-refractivity contribution >= 4 is 39.8 Å². The first-order chi connectivity index (χ1) is 13.1. The highest BCUT2D eigenvalue weighted by molar-refractivity contribution is 7.80. The molecule has 4 saturated carbocycles. The Bertz CT molecular complexity index is 869. The molecule has 1 heterocycles. The number of carbonyl (C=O) groups is 1. The van der Waals surface area contributed by atoms with E-state index in [1.165, 1.54) is 38.5 Å². The van der Waals surface area contributed by atoms with Gasteiger partial charge in [0.15, 0.2) is 5.11 Å². The standard InChI is InChI=1S/C22H25N3OS/c26-19(13-22-10-14-7-15(11-22)9-16(8-14)12-22)25-21(27)24-18-5-1-3-17-4-2-6-23-20(17)18/h1-6,14-16H,7-13H2,(H2,24,25,26,27). The number of nitrogens with one attached hydrogen (secondary N) is 2. The lowest BCUT2D eigenvalue weighted by Gasteiger charge is -2.56. The largest absolute Gasteiger partial charge is 0.331 e. The van der Waals surface area contributed by atoms with Crippen LogP contribution in [-0.4, -0.2) is 16.0 Å². The molecule has 27 heavy (non-hydrogen) atoms. The van der Waals surface area contributed by atoms with Gasteiger partial charge in [0.25, 0.3) is 0 Å². The number of amides is 1. The van der Waals surface area contributed by atoms with Gasteiger partial charge in [-0.15, -0.1) is 0 Å². The minimum atomic E-state index is 0.0580. The van der Waals surface area contributed by atoms with Gasteiger partial charge in [-0.3, -0.25) is 9.78 Å². The maximum Gasteiger partial charge on any atom is 0.226 e. The number of pyridine rings is 1. The van der Waals surface area contributed by atoms with Crippen LogP contribution < -0.4 is 10.6 Å². The molecule has 5 heteroatoms. The number of hydrogen-bond acceptors (Lipinski definition) is 3. The fourth-order valence-corrected chi connectivity index (χ4v) is 6.60. The summed E-state index contributed by atoms with van der Waals surface area (Å²) < 4.78 is 0. The maximum absolute atomic E-state index is 12.7. The van der Waals surface area contributed by atoms with Crippen LogP contribution in [0, 0.1) is 23.2 Å². The van der Waals surface area contributed by atoms with Gasteiger partial charge >= 0.3 is 0 Å². The third-order valence-corrected chi connectivity index (χ3v) is 7.04. The summed E-state index contributed by atoms with van der Waals surface area (Å²) >= 11 is 5.41. The Hall–Kier alpha value is -2.01. The molecular weight excluding hydrogens is 354 g/mol. The quantitative estimate of drug-likeness (QED) is 0.762. The van der Waals surface area contributed by atoms with Crippen LogP contribution in [0.25, 0.3) is 10.9 Å². The predicted molar refractivity (Wildman–Crippen MR) is 111 cm³/mol. The van der Waals surface area contributed by atoms with E-state index in [0.717, 1.165) is 34.3 Å². The molecule has 0 unspecified atom stereocenters. The monoisotopic (exact) mass is 379 g/mol. The molecule has 4 fully saturated rings. The number of benzene rings is 1. The van der Waals surface area contributed by atoms with Gasteiger partial charge in [-0.25, -0.2) is 0 Å². The smallest absolute Gasteiger partial charge is 0.226 e. The Morgan fingerprint density at radius 1 is 1.07 bits per heavy atom. The van der Waals surface area contributed by atoms with E-state index in [4.69, 9.17) is 12.2 Å². The van der Waals surface area contributed by atoms with E-state index in [9.17, 15) is 4.79 Å². The normalized spacial score (nSPS) is 31.0. The summed E-state index contributed by atoms with van der Waals surface area (Å²) in [5.74, 6) is 2.63. The first-order valence-corrected chi connectivity index (χ1v) is 10.4. The van der Waals surface area contributed by atoms with Gasteiger partial charge in [-0.1, -0.05) is 18.2 Å². The molecule has 2 N–H and O–H groups in total. The molecule has 2 aromatic rings. The first kappa shape index (κ1) is 17.1. The highest BCUT2D eigenvalue weighted by atomic mass is 32.1. The molecule has 1 aromatic carbocycles. The Morgan fingerprint density at radius 2 is 1.74 bits per heavy atom. The summed E-state index contributed by atoms with van der Waals surface area (Å²) in [5.41, 5.74) is 1.92. The van der Waals surface area contributed by atoms with Crippen LogP contribution in [0.3, 0.4) is 0 Å². The zero-order valence-electron chi connectivity index (χ0n) is 15.4. The second kappa shape index (κ2) is 6.55. The second-order valence-corrected chi connectivity index (χ2v) is 9.39. The van der Waals surface area contributed by atoms with E-state index in [-0.39, 0.29) is 11.3 Å². The Kier molecular flexibility index (Phi) is 4.15. The van der Waals surface area contributed by atoms with Gasteiger partial charge in [-0.2, -0.15) is 0 Å². The molecule has 1 amide bonds. The molecule has 0 saturated heterocycles. The number of nitrogens with zero attached hydrogens (tertiary/aromatic N) is 1. The molecule has 0 atom stereocenters. The molecule has 140 valence electrons. The minimum Gasteiger partial charge on any atom is -0.331 e. The molecular formula is C22H25N3OS. The first-order valence-electron chi connectivity index (χ1n) is 10.0. The third-order valence-electron chi connectivity index (χ3n) is 6.83. The minimum absolute atomic E-state index is 0.0580. The number of fused-ring (bicyclic) bond motifs is 1. The Labute approximate surface area is 165 Å². The summed E-state index contributed by atoms with van der Waals surface area (Å²) in [6, 6.07) is 9.85. The number of hydrogen-bond donors (Lipinski definition) is 2. The molecule has 0 spiro atoms. The van der Waals surface area contributed by atoms with E-state index >= 15 is 0 Å². The Morgan fingerprint density at radius 3 is 2.44 bits per heavy atom. The average Bonchev–Trinajstić information content (AvgIpc) is 2.60. The van der Waals surface area contributed by atoms with Crippen LogP contribution in [0.15, 0.2) is 36.5 Å². The van der Waals surface area contributed by atoms with Gasteiger partial charge in [0.2, 0.25) is 5.91 Å². The van der Waals surface area contributed by atoms with Crippen molar-refractivity contribution < 1.29 is 4.79 Å². The molecule has 4 bridgehead atoms. The highest BCUT2D eigenvalue weighted by Gasteiger charge is 2.51. The van der Waals surface area contributed by atoms with Crippen LogP contribution >= 0.6 is 12.2 Å².